The van der Waals surface area contributed by atoms with Crippen LogP contribution in [0.5, 0.6) is 0 Å². The van der Waals surface area contributed by atoms with Gasteiger partial charge in [-0.05, 0) is 46.2 Å². The summed E-state index contributed by atoms with van der Waals surface area (Å²) in [6.45, 7) is 4.74. The Morgan fingerprint density at radius 2 is 1.42 bits per heavy atom. The number of thiophene rings is 1. The van der Waals surface area contributed by atoms with Gasteiger partial charge in [0.15, 0.2) is 5.82 Å². The van der Waals surface area contributed by atoms with Crippen LogP contribution >= 0.6 is 11.3 Å². The number of aromatic nitrogens is 3. The van der Waals surface area contributed by atoms with Gasteiger partial charge in [-0.1, -0.05) is 111 Å². The van der Waals surface area contributed by atoms with Gasteiger partial charge in [0.2, 0.25) is 0 Å². The Kier molecular flexibility index (Phi) is 5.12. The first-order valence-corrected chi connectivity index (χ1v) is 15.6. The molecule has 1 aliphatic carbocycles. The fourth-order valence-electron chi connectivity index (χ4n) is 7.10. The molecule has 43 heavy (non-hydrogen) atoms. The van der Waals surface area contributed by atoms with E-state index < -0.39 is 0 Å². The standard InChI is InChI=1S/C39H27N3S/c1-39(2)31-16-10-9-15-28(31)35-33(39)29-19-17-25-21-22-43-37(25)36(29)42(35)27-18-20-32-30(23-27)34(24-11-5-3-6-12-24)41-38(40-32)26-13-7-4-8-14-26/h3-23H,1-2H3. The third-order valence-corrected chi connectivity index (χ3v) is 9.98. The largest absolute Gasteiger partial charge is 0.307 e. The van der Waals surface area contributed by atoms with Gasteiger partial charge < -0.3 is 4.57 Å². The summed E-state index contributed by atoms with van der Waals surface area (Å²) in [5, 5.41) is 5.86. The van der Waals surface area contributed by atoms with E-state index in [0.717, 1.165) is 39.2 Å². The molecule has 3 aromatic heterocycles. The highest BCUT2D eigenvalue weighted by Crippen LogP contribution is 2.55. The van der Waals surface area contributed by atoms with Crippen LogP contribution < -0.4 is 0 Å². The smallest absolute Gasteiger partial charge is 0.160 e. The van der Waals surface area contributed by atoms with Crippen molar-refractivity contribution in [2.45, 2.75) is 19.3 Å². The summed E-state index contributed by atoms with van der Waals surface area (Å²) in [6, 6.07) is 43.2. The lowest BCUT2D eigenvalue weighted by atomic mass is 9.81. The van der Waals surface area contributed by atoms with Crippen LogP contribution in [0, 0.1) is 0 Å². The van der Waals surface area contributed by atoms with Crippen molar-refractivity contribution >= 4 is 43.2 Å². The van der Waals surface area contributed by atoms with Gasteiger partial charge in [-0.2, -0.15) is 0 Å². The summed E-state index contributed by atoms with van der Waals surface area (Å²) < 4.78 is 3.83. The van der Waals surface area contributed by atoms with Gasteiger partial charge in [0.1, 0.15) is 0 Å². The molecule has 0 unspecified atom stereocenters. The van der Waals surface area contributed by atoms with Crippen LogP contribution in [0.1, 0.15) is 25.0 Å². The SMILES string of the molecule is CC1(C)c2ccccc2-c2c1c1ccc3ccsc3c1n2-c1ccc2nc(-c3ccccc3)nc(-c3ccccc3)c2c1. The maximum atomic E-state index is 5.18. The van der Waals surface area contributed by atoms with Crippen molar-refractivity contribution in [3.63, 3.8) is 0 Å². The molecule has 8 aromatic rings. The molecule has 204 valence electrons. The number of hydrogen-bond donors (Lipinski definition) is 0. The zero-order valence-corrected chi connectivity index (χ0v) is 24.7. The van der Waals surface area contributed by atoms with Crippen LogP contribution in [0.2, 0.25) is 0 Å². The van der Waals surface area contributed by atoms with E-state index in [-0.39, 0.29) is 5.41 Å². The van der Waals surface area contributed by atoms with Gasteiger partial charge in [0, 0.05) is 38.6 Å². The number of nitrogens with zero attached hydrogens (tertiary/aromatic N) is 3. The zero-order chi connectivity index (χ0) is 28.7. The second-order valence-electron chi connectivity index (χ2n) is 11.9. The first-order valence-electron chi connectivity index (χ1n) is 14.7. The van der Waals surface area contributed by atoms with Crippen molar-refractivity contribution in [1.82, 2.24) is 14.5 Å². The van der Waals surface area contributed by atoms with E-state index in [1.54, 1.807) is 0 Å². The van der Waals surface area contributed by atoms with Gasteiger partial charge in [-0.25, -0.2) is 9.97 Å². The van der Waals surface area contributed by atoms with Gasteiger partial charge in [0.25, 0.3) is 0 Å². The summed E-state index contributed by atoms with van der Waals surface area (Å²) >= 11 is 1.82. The van der Waals surface area contributed by atoms with E-state index >= 15 is 0 Å². The molecule has 0 radical (unpaired) electrons. The normalized spacial score (nSPS) is 13.5. The molecule has 0 amide bonds. The molecular formula is C39H27N3S. The molecule has 0 aliphatic heterocycles. The lowest BCUT2D eigenvalue weighted by Crippen LogP contribution is -2.14. The minimum absolute atomic E-state index is 0.111. The molecule has 0 saturated heterocycles. The highest BCUT2D eigenvalue weighted by molar-refractivity contribution is 7.18. The van der Waals surface area contributed by atoms with Crippen LogP contribution in [0.3, 0.4) is 0 Å². The monoisotopic (exact) mass is 569 g/mol. The van der Waals surface area contributed by atoms with Crippen LogP contribution in [0.25, 0.3) is 71.5 Å². The molecule has 5 aromatic carbocycles. The Morgan fingerprint density at radius 1 is 0.674 bits per heavy atom. The highest BCUT2D eigenvalue weighted by atomic mass is 32.1. The van der Waals surface area contributed by atoms with Gasteiger partial charge >= 0.3 is 0 Å². The van der Waals surface area contributed by atoms with Crippen molar-refractivity contribution < 1.29 is 0 Å². The van der Waals surface area contributed by atoms with Crippen LogP contribution in [0.4, 0.5) is 0 Å². The molecule has 1 aliphatic rings. The average Bonchev–Trinajstić information content (AvgIpc) is 3.73. The topological polar surface area (TPSA) is 30.7 Å². The maximum Gasteiger partial charge on any atom is 0.160 e. The number of rotatable bonds is 3. The first-order chi connectivity index (χ1) is 21.1. The molecule has 9 rings (SSSR count). The van der Waals surface area contributed by atoms with Crippen LogP contribution in [-0.2, 0) is 5.41 Å². The summed E-state index contributed by atoms with van der Waals surface area (Å²) in [4.78, 5) is 10.3. The van der Waals surface area contributed by atoms with E-state index in [2.05, 4.69) is 127 Å². The van der Waals surface area contributed by atoms with Gasteiger partial charge in [-0.3, -0.25) is 0 Å². The summed E-state index contributed by atoms with van der Waals surface area (Å²) in [7, 11) is 0. The molecule has 3 heterocycles. The van der Waals surface area contributed by atoms with E-state index in [9.17, 15) is 0 Å². The molecule has 0 fully saturated rings. The summed E-state index contributed by atoms with van der Waals surface area (Å²) in [5.41, 5.74) is 11.6. The molecule has 0 bridgehead atoms. The van der Waals surface area contributed by atoms with E-state index in [4.69, 9.17) is 9.97 Å². The molecule has 0 atom stereocenters. The third kappa shape index (κ3) is 3.47. The van der Waals surface area contributed by atoms with Crippen molar-refractivity contribution in [1.29, 1.82) is 0 Å². The van der Waals surface area contributed by atoms with E-state index in [0.29, 0.717) is 0 Å². The lowest BCUT2D eigenvalue weighted by molar-refractivity contribution is 0.666. The lowest BCUT2D eigenvalue weighted by Gasteiger charge is -2.21. The van der Waals surface area contributed by atoms with Gasteiger partial charge in [-0.15, -0.1) is 11.3 Å². The van der Waals surface area contributed by atoms with E-state index in [1.165, 1.54) is 43.4 Å². The zero-order valence-electron chi connectivity index (χ0n) is 23.9. The van der Waals surface area contributed by atoms with Crippen LogP contribution in [0.15, 0.2) is 127 Å². The predicted molar refractivity (Wildman–Crippen MR) is 180 cm³/mol. The average molecular weight is 570 g/mol. The molecule has 0 N–H and O–H groups in total. The van der Waals surface area contributed by atoms with Gasteiger partial charge in [0.05, 0.1) is 27.1 Å². The highest BCUT2D eigenvalue weighted by Gasteiger charge is 2.40. The molecule has 4 heteroatoms. The second kappa shape index (κ2) is 8.97. The molecule has 0 spiro atoms. The third-order valence-electron chi connectivity index (χ3n) is 9.05. The minimum Gasteiger partial charge on any atom is -0.307 e. The summed E-state index contributed by atoms with van der Waals surface area (Å²) in [5.74, 6) is 0.739. The van der Waals surface area contributed by atoms with Crippen molar-refractivity contribution in [2.24, 2.45) is 0 Å². The fourth-order valence-corrected chi connectivity index (χ4v) is 8.03. The Morgan fingerprint density at radius 3 is 2.23 bits per heavy atom. The van der Waals surface area contributed by atoms with Crippen LogP contribution in [-0.4, -0.2) is 14.5 Å². The molecule has 0 saturated carbocycles. The van der Waals surface area contributed by atoms with Crippen molar-refractivity contribution in [2.75, 3.05) is 0 Å². The quantitative estimate of drug-likeness (QED) is 0.212. The Hall–Kier alpha value is -5.06. The predicted octanol–water partition coefficient (Wildman–Crippen LogP) is 10.4. The van der Waals surface area contributed by atoms with E-state index in [1.807, 2.05) is 29.5 Å². The summed E-state index contributed by atoms with van der Waals surface area (Å²) in [6.07, 6.45) is 0. The second-order valence-corrected chi connectivity index (χ2v) is 12.8. The first kappa shape index (κ1) is 24.5. The fraction of sp³-hybridized carbons (Fsp3) is 0.0769. The number of hydrogen-bond acceptors (Lipinski definition) is 3. The molecule has 3 nitrogen and oxygen atoms in total. The number of benzene rings is 5. The van der Waals surface area contributed by atoms with Crippen molar-refractivity contribution in [3.8, 4) is 39.6 Å². The van der Waals surface area contributed by atoms with Crippen molar-refractivity contribution in [3.05, 3.63) is 138 Å². The maximum absolute atomic E-state index is 5.18. The Bertz CT molecular complexity index is 2360. The Balaban J connectivity index is 1.40. The number of fused-ring (bicyclic) bond motifs is 8. The molecular weight excluding hydrogens is 543 g/mol. The Labute approximate surface area is 253 Å². The minimum atomic E-state index is -0.111.